The summed E-state index contributed by atoms with van der Waals surface area (Å²) in [4.78, 5) is 3.28. The number of fused-ring (bicyclic) bond motifs is 1. The number of rotatable bonds is 5. The van der Waals surface area contributed by atoms with E-state index in [-0.39, 0.29) is 17.4 Å². The summed E-state index contributed by atoms with van der Waals surface area (Å²) in [6, 6.07) is 20.4. The van der Waals surface area contributed by atoms with Crippen molar-refractivity contribution in [2.75, 3.05) is 12.8 Å². The van der Waals surface area contributed by atoms with Crippen molar-refractivity contribution in [1.82, 2.24) is 10.3 Å². The molecule has 3 aromatic carbocycles. The topological polar surface area (TPSA) is 94.3 Å². The number of aromatic nitrogens is 1. The van der Waals surface area contributed by atoms with E-state index in [4.69, 9.17) is 5.73 Å². The van der Waals surface area contributed by atoms with Gasteiger partial charge in [-0.1, -0.05) is 24.3 Å². The average molecular weight is 385 g/mol. The number of allylic oxidation sites excluding steroid dienone is 1. The smallest absolute Gasteiger partial charge is 0.117 e. The Kier molecular flexibility index (Phi) is 4.87. The number of benzene rings is 3. The standard InChI is InChI=1S/C24H23N3O2/c1-26-13-21(15-4-8-18(28)9-5-15)24(16-2-6-17(25)7-3-16)22-14-27-23-12-19(29)10-11-20(22)23/h2-14,24,26-29H,25H2,1H3/b21-13+. The van der Waals surface area contributed by atoms with Crippen molar-refractivity contribution in [2.45, 2.75) is 5.92 Å². The Morgan fingerprint density at radius 3 is 2.34 bits per heavy atom. The van der Waals surface area contributed by atoms with E-state index in [2.05, 4.69) is 10.3 Å². The molecule has 0 spiro atoms. The highest BCUT2D eigenvalue weighted by Crippen LogP contribution is 2.41. The lowest BCUT2D eigenvalue weighted by atomic mass is 9.81. The van der Waals surface area contributed by atoms with Crippen LogP contribution in [0.3, 0.4) is 0 Å². The maximum Gasteiger partial charge on any atom is 0.117 e. The lowest BCUT2D eigenvalue weighted by Crippen LogP contribution is -2.08. The van der Waals surface area contributed by atoms with Crippen LogP contribution in [-0.4, -0.2) is 22.2 Å². The van der Waals surface area contributed by atoms with Gasteiger partial charge < -0.3 is 26.2 Å². The van der Waals surface area contributed by atoms with Gasteiger partial charge in [-0.3, -0.25) is 0 Å². The number of hydrogen-bond acceptors (Lipinski definition) is 4. The number of nitrogens with one attached hydrogen (secondary N) is 2. The number of aromatic amines is 1. The molecule has 6 N–H and O–H groups in total. The zero-order valence-corrected chi connectivity index (χ0v) is 16.1. The summed E-state index contributed by atoms with van der Waals surface area (Å²) in [6.07, 6.45) is 3.96. The highest BCUT2D eigenvalue weighted by molar-refractivity contribution is 5.89. The summed E-state index contributed by atoms with van der Waals surface area (Å²) in [6.45, 7) is 0. The molecule has 4 aromatic rings. The third-order valence-electron chi connectivity index (χ3n) is 5.09. The molecule has 0 radical (unpaired) electrons. The molecular weight excluding hydrogens is 362 g/mol. The lowest BCUT2D eigenvalue weighted by Gasteiger charge is -2.22. The Morgan fingerprint density at radius 2 is 1.66 bits per heavy atom. The van der Waals surface area contributed by atoms with Crippen molar-refractivity contribution in [3.05, 3.63) is 95.8 Å². The second-order valence-corrected chi connectivity index (χ2v) is 7.01. The average Bonchev–Trinajstić information content (AvgIpc) is 3.12. The Morgan fingerprint density at radius 1 is 0.966 bits per heavy atom. The minimum absolute atomic E-state index is 0.0918. The monoisotopic (exact) mass is 385 g/mol. The van der Waals surface area contributed by atoms with Crippen LogP contribution in [0.1, 0.15) is 22.6 Å². The van der Waals surface area contributed by atoms with Crippen LogP contribution in [0.5, 0.6) is 11.5 Å². The summed E-state index contributed by atoms with van der Waals surface area (Å²) in [5.41, 5.74) is 11.7. The Hall–Kier alpha value is -3.86. The first kappa shape index (κ1) is 18.5. The predicted octanol–water partition coefficient (Wildman–Crippen LogP) is 4.55. The maximum absolute atomic E-state index is 9.84. The minimum atomic E-state index is -0.0918. The van der Waals surface area contributed by atoms with Gasteiger partial charge in [-0.2, -0.15) is 0 Å². The summed E-state index contributed by atoms with van der Waals surface area (Å²) in [7, 11) is 1.87. The van der Waals surface area contributed by atoms with E-state index in [9.17, 15) is 10.2 Å². The number of nitrogen functional groups attached to an aromatic ring is 1. The Balaban J connectivity index is 1.95. The third-order valence-corrected chi connectivity index (χ3v) is 5.09. The van der Waals surface area contributed by atoms with Gasteiger partial charge in [0.1, 0.15) is 11.5 Å². The van der Waals surface area contributed by atoms with Crippen molar-refractivity contribution >= 4 is 22.2 Å². The van der Waals surface area contributed by atoms with Crippen LogP contribution in [0.4, 0.5) is 5.69 Å². The molecule has 146 valence electrons. The fraction of sp³-hybridized carbons (Fsp3) is 0.0833. The van der Waals surface area contributed by atoms with Gasteiger partial charge in [-0.25, -0.2) is 0 Å². The number of nitrogens with two attached hydrogens (primary N) is 1. The summed E-state index contributed by atoms with van der Waals surface area (Å²) < 4.78 is 0. The first-order chi connectivity index (χ1) is 14.1. The van der Waals surface area contributed by atoms with Crippen LogP contribution in [0, 0.1) is 0 Å². The van der Waals surface area contributed by atoms with Crippen LogP contribution in [-0.2, 0) is 0 Å². The van der Waals surface area contributed by atoms with Crippen LogP contribution < -0.4 is 11.1 Å². The van der Waals surface area contributed by atoms with Crippen molar-refractivity contribution in [1.29, 1.82) is 0 Å². The van der Waals surface area contributed by atoms with Crippen molar-refractivity contribution in [3.63, 3.8) is 0 Å². The molecule has 1 heterocycles. The molecule has 1 unspecified atom stereocenters. The highest BCUT2D eigenvalue weighted by atomic mass is 16.3. The molecule has 5 heteroatoms. The van der Waals surface area contributed by atoms with Gasteiger partial charge in [0, 0.05) is 48.0 Å². The zero-order chi connectivity index (χ0) is 20.4. The second-order valence-electron chi connectivity index (χ2n) is 7.01. The second kappa shape index (κ2) is 7.64. The number of phenols is 2. The first-order valence-electron chi connectivity index (χ1n) is 9.39. The highest BCUT2D eigenvalue weighted by Gasteiger charge is 2.24. The molecule has 0 saturated heterocycles. The van der Waals surface area contributed by atoms with E-state index < -0.39 is 0 Å². The zero-order valence-electron chi connectivity index (χ0n) is 16.1. The SMILES string of the molecule is CN/C=C(\c1ccc(O)cc1)C(c1ccc(N)cc1)c1c[nH]c2cc(O)ccc12. The normalized spacial score (nSPS) is 12.8. The van der Waals surface area contributed by atoms with Crippen LogP contribution in [0.15, 0.2) is 79.1 Å². The number of phenolic OH excluding ortho intramolecular Hbond substituents is 2. The molecule has 0 bridgehead atoms. The van der Waals surface area contributed by atoms with E-state index in [1.807, 2.05) is 61.9 Å². The van der Waals surface area contributed by atoms with Gasteiger partial charge >= 0.3 is 0 Å². The van der Waals surface area contributed by atoms with E-state index in [1.165, 1.54) is 0 Å². The number of anilines is 1. The largest absolute Gasteiger partial charge is 0.508 e. The van der Waals surface area contributed by atoms with Crippen LogP contribution in [0.25, 0.3) is 16.5 Å². The van der Waals surface area contributed by atoms with Gasteiger partial charge in [-0.05, 0) is 58.7 Å². The van der Waals surface area contributed by atoms with E-state index in [1.54, 1.807) is 24.3 Å². The van der Waals surface area contributed by atoms with Crippen molar-refractivity contribution in [3.8, 4) is 11.5 Å². The first-order valence-corrected chi connectivity index (χ1v) is 9.39. The molecule has 1 aromatic heterocycles. The molecule has 0 aliphatic rings. The number of H-pyrrole nitrogens is 1. The molecule has 0 aliphatic heterocycles. The van der Waals surface area contributed by atoms with Gasteiger partial charge in [0.15, 0.2) is 0 Å². The van der Waals surface area contributed by atoms with E-state index in [0.29, 0.717) is 5.69 Å². The molecule has 1 atom stereocenters. The summed E-state index contributed by atoms with van der Waals surface area (Å²) in [5.74, 6) is 0.356. The number of hydrogen-bond donors (Lipinski definition) is 5. The third kappa shape index (κ3) is 3.62. The molecule has 5 nitrogen and oxygen atoms in total. The summed E-state index contributed by atoms with van der Waals surface area (Å²) in [5, 5.41) is 23.8. The fourth-order valence-electron chi connectivity index (χ4n) is 3.73. The molecular formula is C24H23N3O2. The Labute approximate surface area is 169 Å². The molecule has 0 fully saturated rings. The maximum atomic E-state index is 9.84. The van der Waals surface area contributed by atoms with Gasteiger partial charge in [0.05, 0.1) is 0 Å². The van der Waals surface area contributed by atoms with E-state index >= 15 is 0 Å². The Bertz CT molecular complexity index is 1160. The molecule has 0 saturated carbocycles. The lowest BCUT2D eigenvalue weighted by molar-refractivity contribution is 0.475. The van der Waals surface area contributed by atoms with Crippen molar-refractivity contribution < 1.29 is 10.2 Å². The quantitative estimate of drug-likeness (QED) is 0.326. The van der Waals surface area contributed by atoms with Crippen LogP contribution in [0.2, 0.25) is 0 Å². The molecule has 4 rings (SSSR count). The number of aromatic hydroxyl groups is 2. The molecule has 29 heavy (non-hydrogen) atoms. The van der Waals surface area contributed by atoms with Gasteiger partial charge in [0.25, 0.3) is 0 Å². The van der Waals surface area contributed by atoms with Crippen LogP contribution >= 0.6 is 0 Å². The van der Waals surface area contributed by atoms with E-state index in [0.717, 1.165) is 33.2 Å². The fourth-order valence-corrected chi connectivity index (χ4v) is 3.73. The molecule has 0 amide bonds. The van der Waals surface area contributed by atoms with Crippen molar-refractivity contribution in [2.24, 2.45) is 0 Å². The predicted molar refractivity (Wildman–Crippen MR) is 118 cm³/mol. The minimum Gasteiger partial charge on any atom is -0.508 e. The summed E-state index contributed by atoms with van der Waals surface area (Å²) >= 11 is 0. The van der Waals surface area contributed by atoms with Gasteiger partial charge in [0.2, 0.25) is 0 Å². The molecule has 0 aliphatic carbocycles. The van der Waals surface area contributed by atoms with Gasteiger partial charge in [-0.15, -0.1) is 0 Å².